The Labute approximate surface area is 115 Å². The van der Waals surface area contributed by atoms with E-state index in [4.69, 9.17) is 0 Å². The Kier molecular flexibility index (Phi) is 3.80. The van der Waals surface area contributed by atoms with Crippen LogP contribution in [0, 0.1) is 0 Å². The summed E-state index contributed by atoms with van der Waals surface area (Å²) >= 11 is 0. The maximum absolute atomic E-state index is 11.2. The van der Waals surface area contributed by atoms with E-state index in [1.807, 2.05) is 0 Å². The Bertz CT molecular complexity index is 482. The van der Waals surface area contributed by atoms with Crippen LogP contribution in [0.25, 0.3) is 0 Å². The first-order chi connectivity index (χ1) is 8.95. The van der Waals surface area contributed by atoms with Crippen LogP contribution >= 0.6 is 0 Å². The van der Waals surface area contributed by atoms with Crippen LogP contribution in [-0.2, 0) is 16.8 Å². The molecule has 1 heterocycles. The predicted molar refractivity (Wildman–Crippen MR) is 78.5 cm³/mol. The monoisotopic (exact) mass is 261 g/mol. The molecule has 2 N–H and O–H groups in total. The quantitative estimate of drug-likeness (QED) is 0.857. The molecule has 4 nitrogen and oxygen atoms in total. The standard InChI is InChI=1S/C15H23N3O/c1-15(2)10-18(4)12-7-5-6-11(14(12)15)8-17-9-13(19)16-3/h5-7,17H,8-10H2,1-4H3,(H,16,19). The molecule has 0 aliphatic carbocycles. The Hall–Kier alpha value is -1.55. The second-order valence-electron chi connectivity index (χ2n) is 5.83. The maximum Gasteiger partial charge on any atom is 0.233 e. The Morgan fingerprint density at radius 2 is 2.16 bits per heavy atom. The zero-order valence-corrected chi connectivity index (χ0v) is 12.2. The third-order valence-electron chi connectivity index (χ3n) is 3.73. The molecular formula is C15H23N3O. The average molecular weight is 261 g/mol. The van der Waals surface area contributed by atoms with E-state index in [0.29, 0.717) is 6.54 Å². The van der Waals surface area contributed by atoms with Gasteiger partial charge in [-0.2, -0.15) is 0 Å². The molecule has 0 aromatic heterocycles. The van der Waals surface area contributed by atoms with Gasteiger partial charge < -0.3 is 15.5 Å². The Morgan fingerprint density at radius 3 is 2.84 bits per heavy atom. The fourth-order valence-electron chi connectivity index (χ4n) is 2.99. The van der Waals surface area contributed by atoms with Crippen LogP contribution in [0.3, 0.4) is 0 Å². The molecule has 1 aliphatic rings. The molecular weight excluding hydrogens is 238 g/mol. The van der Waals surface area contributed by atoms with Gasteiger partial charge in [-0.3, -0.25) is 4.79 Å². The summed E-state index contributed by atoms with van der Waals surface area (Å²) in [5.41, 5.74) is 4.16. The van der Waals surface area contributed by atoms with E-state index in [9.17, 15) is 4.79 Å². The zero-order valence-electron chi connectivity index (χ0n) is 12.2. The van der Waals surface area contributed by atoms with E-state index >= 15 is 0 Å². The Morgan fingerprint density at radius 1 is 1.42 bits per heavy atom. The zero-order chi connectivity index (χ0) is 14.0. The van der Waals surface area contributed by atoms with Crippen molar-refractivity contribution < 1.29 is 4.79 Å². The first-order valence-electron chi connectivity index (χ1n) is 6.70. The van der Waals surface area contributed by atoms with Gasteiger partial charge in [-0.15, -0.1) is 0 Å². The van der Waals surface area contributed by atoms with Gasteiger partial charge in [-0.25, -0.2) is 0 Å². The molecule has 1 aliphatic heterocycles. The van der Waals surface area contributed by atoms with E-state index in [1.165, 1.54) is 16.8 Å². The number of nitrogens with one attached hydrogen (secondary N) is 2. The van der Waals surface area contributed by atoms with Crippen molar-refractivity contribution in [3.8, 4) is 0 Å². The van der Waals surface area contributed by atoms with Crippen LogP contribution in [0.5, 0.6) is 0 Å². The molecule has 4 heteroatoms. The molecule has 0 fully saturated rings. The number of benzene rings is 1. The number of amides is 1. The van der Waals surface area contributed by atoms with Gasteiger partial charge in [0.2, 0.25) is 5.91 Å². The highest BCUT2D eigenvalue weighted by molar-refractivity contribution is 5.77. The summed E-state index contributed by atoms with van der Waals surface area (Å²) in [5.74, 6) is 0.0176. The SMILES string of the molecule is CNC(=O)CNCc1cccc2c1C(C)(C)CN2C. The van der Waals surface area contributed by atoms with Crippen LogP contribution in [0.15, 0.2) is 18.2 Å². The summed E-state index contributed by atoms with van der Waals surface area (Å²) in [6, 6.07) is 6.41. The van der Waals surface area contributed by atoms with Crippen molar-refractivity contribution >= 4 is 11.6 Å². The smallest absolute Gasteiger partial charge is 0.233 e. The highest BCUT2D eigenvalue weighted by atomic mass is 16.1. The Balaban J connectivity index is 2.17. The molecule has 0 saturated carbocycles. The minimum atomic E-state index is 0.0176. The molecule has 0 saturated heterocycles. The predicted octanol–water partition coefficient (Wildman–Crippen LogP) is 1.25. The van der Waals surface area contributed by atoms with Crippen molar-refractivity contribution in [3.05, 3.63) is 29.3 Å². The van der Waals surface area contributed by atoms with Gasteiger partial charge in [0.05, 0.1) is 6.54 Å². The molecule has 0 spiro atoms. The number of anilines is 1. The number of rotatable bonds is 4. The molecule has 19 heavy (non-hydrogen) atoms. The average Bonchev–Trinajstić information content (AvgIpc) is 2.60. The largest absolute Gasteiger partial charge is 0.373 e. The second kappa shape index (κ2) is 5.21. The molecule has 0 bridgehead atoms. The van der Waals surface area contributed by atoms with Crippen LogP contribution < -0.4 is 15.5 Å². The second-order valence-corrected chi connectivity index (χ2v) is 5.83. The molecule has 1 amide bonds. The van der Waals surface area contributed by atoms with Gasteiger partial charge in [0.25, 0.3) is 0 Å². The molecule has 1 aromatic rings. The maximum atomic E-state index is 11.2. The third-order valence-corrected chi connectivity index (χ3v) is 3.73. The summed E-state index contributed by atoms with van der Waals surface area (Å²) < 4.78 is 0. The van der Waals surface area contributed by atoms with Crippen molar-refractivity contribution in [2.45, 2.75) is 25.8 Å². The molecule has 0 atom stereocenters. The van der Waals surface area contributed by atoms with Gasteiger partial charge in [-0.05, 0) is 17.2 Å². The normalized spacial score (nSPS) is 16.3. The molecule has 1 aromatic carbocycles. The number of carbonyl (C=O) groups excluding carboxylic acids is 1. The van der Waals surface area contributed by atoms with Crippen LogP contribution in [0.2, 0.25) is 0 Å². The first kappa shape index (κ1) is 13.9. The van der Waals surface area contributed by atoms with Crippen LogP contribution in [0.1, 0.15) is 25.0 Å². The first-order valence-corrected chi connectivity index (χ1v) is 6.70. The van der Waals surface area contributed by atoms with Crippen LogP contribution in [-0.4, -0.2) is 33.1 Å². The molecule has 0 radical (unpaired) electrons. The molecule has 104 valence electrons. The van der Waals surface area contributed by atoms with E-state index < -0.39 is 0 Å². The highest BCUT2D eigenvalue weighted by Gasteiger charge is 2.34. The lowest BCUT2D eigenvalue weighted by Gasteiger charge is -2.21. The third kappa shape index (κ3) is 2.73. The van der Waals surface area contributed by atoms with Gasteiger partial charge in [-0.1, -0.05) is 26.0 Å². The van der Waals surface area contributed by atoms with Gasteiger partial charge in [0.15, 0.2) is 0 Å². The summed E-state index contributed by atoms with van der Waals surface area (Å²) in [6.45, 7) is 6.67. The van der Waals surface area contributed by atoms with Crippen molar-refractivity contribution in [1.82, 2.24) is 10.6 Å². The van der Waals surface area contributed by atoms with E-state index in [1.54, 1.807) is 7.05 Å². The number of hydrogen-bond donors (Lipinski definition) is 2. The van der Waals surface area contributed by atoms with E-state index in [2.05, 4.69) is 54.6 Å². The van der Waals surface area contributed by atoms with Gasteiger partial charge in [0.1, 0.15) is 0 Å². The van der Waals surface area contributed by atoms with Crippen molar-refractivity contribution in [1.29, 1.82) is 0 Å². The van der Waals surface area contributed by atoms with E-state index in [-0.39, 0.29) is 11.3 Å². The van der Waals surface area contributed by atoms with Crippen molar-refractivity contribution in [3.63, 3.8) is 0 Å². The number of hydrogen-bond acceptors (Lipinski definition) is 3. The van der Waals surface area contributed by atoms with Crippen molar-refractivity contribution in [2.24, 2.45) is 0 Å². The summed E-state index contributed by atoms with van der Waals surface area (Å²) in [4.78, 5) is 13.5. The number of nitrogens with zero attached hydrogens (tertiary/aromatic N) is 1. The number of likely N-dealkylation sites (N-methyl/N-ethyl adjacent to an activating group) is 2. The van der Waals surface area contributed by atoms with Crippen LogP contribution in [0.4, 0.5) is 5.69 Å². The highest BCUT2D eigenvalue weighted by Crippen LogP contribution is 2.41. The topological polar surface area (TPSA) is 44.4 Å². The lowest BCUT2D eigenvalue weighted by atomic mass is 9.84. The lowest BCUT2D eigenvalue weighted by molar-refractivity contribution is -0.119. The lowest BCUT2D eigenvalue weighted by Crippen LogP contribution is -2.31. The molecule has 2 rings (SSSR count). The summed E-state index contributed by atoms with van der Waals surface area (Å²) in [7, 11) is 3.79. The summed E-state index contributed by atoms with van der Waals surface area (Å²) in [5, 5.41) is 5.82. The van der Waals surface area contributed by atoms with E-state index in [0.717, 1.165) is 13.1 Å². The minimum Gasteiger partial charge on any atom is -0.373 e. The van der Waals surface area contributed by atoms with Gasteiger partial charge in [0, 0.05) is 38.3 Å². The fourth-order valence-corrected chi connectivity index (χ4v) is 2.99. The van der Waals surface area contributed by atoms with Gasteiger partial charge >= 0.3 is 0 Å². The fraction of sp³-hybridized carbons (Fsp3) is 0.533. The number of fused-ring (bicyclic) bond motifs is 1. The van der Waals surface area contributed by atoms with Crippen molar-refractivity contribution in [2.75, 3.05) is 32.1 Å². The summed E-state index contributed by atoms with van der Waals surface area (Å²) in [6.07, 6.45) is 0. The number of carbonyl (C=O) groups is 1. The molecule has 0 unspecified atom stereocenters. The minimum absolute atomic E-state index is 0.0176.